The molecule has 2 fully saturated rings. The van der Waals surface area contributed by atoms with E-state index in [1.54, 1.807) is 0 Å². The number of fused-ring (bicyclic) bond motifs is 1. The van der Waals surface area contributed by atoms with Crippen LogP contribution in [-0.2, 0) is 4.74 Å². The molecule has 0 N–H and O–H groups in total. The smallest absolute Gasteiger partial charge is 0.0629 e. The van der Waals surface area contributed by atoms with Crippen molar-refractivity contribution in [2.45, 2.75) is 45.1 Å². The number of rotatable bonds is 0. The molecule has 0 aromatic carbocycles. The fourth-order valence-electron chi connectivity index (χ4n) is 2.37. The standard InChI is InChI=1S/C9H16O/c1-9-5-3-2-4-8(9)10-7-6-9/h8H,2-7H2,1H3/t8-,9-/m1/s1. The number of ether oxygens (including phenoxy) is 1. The van der Waals surface area contributed by atoms with Crippen LogP contribution < -0.4 is 0 Å². The van der Waals surface area contributed by atoms with Gasteiger partial charge >= 0.3 is 0 Å². The molecule has 2 aliphatic rings. The minimum atomic E-state index is 0.568. The monoisotopic (exact) mass is 140 g/mol. The minimum Gasteiger partial charge on any atom is -0.378 e. The molecule has 1 saturated heterocycles. The molecule has 1 heterocycles. The van der Waals surface area contributed by atoms with Crippen LogP contribution in [0.25, 0.3) is 0 Å². The molecule has 1 heteroatoms. The fourth-order valence-corrected chi connectivity index (χ4v) is 2.37. The number of hydrogen-bond acceptors (Lipinski definition) is 1. The van der Waals surface area contributed by atoms with E-state index in [4.69, 9.17) is 4.74 Å². The highest BCUT2D eigenvalue weighted by molar-refractivity contribution is 4.90. The summed E-state index contributed by atoms with van der Waals surface area (Å²) in [6.45, 7) is 3.41. The quantitative estimate of drug-likeness (QED) is 0.502. The van der Waals surface area contributed by atoms with Crippen molar-refractivity contribution in [3.05, 3.63) is 0 Å². The van der Waals surface area contributed by atoms with Crippen LogP contribution >= 0.6 is 0 Å². The Morgan fingerprint density at radius 1 is 1.30 bits per heavy atom. The maximum absolute atomic E-state index is 5.66. The highest BCUT2D eigenvalue weighted by Crippen LogP contribution is 2.44. The van der Waals surface area contributed by atoms with Crippen molar-refractivity contribution in [1.82, 2.24) is 0 Å². The molecule has 0 unspecified atom stereocenters. The zero-order chi connectivity index (χ0) is 7.03. The summed E-state index contributed by atoms with van der Waals surface area (Å²) in [4.78, 5) is 0. The molecule has 1 saturated carbocycles. The molecule has 10 heavy (non-hydrogen) atoms. The second kappa shape index (κ2) is 2.23. The van der Waals surface area contributed by atoms with Gasteiger partial charge in [-0.1, -0.05) is 19.8 Å². The van der Waals surface area contributed by atoms with E-state index < -0.39 is 0 Å². The molecule has 2 atom stereocenters. The van der Waals surface area contributed by atoms with Crippen molar-refractivity contribution in [2.75, 3.05) is 6.61 Å². The van der Waals surface area contributed by atoms with Crippen LogP contribution in [0.3, 0.4) is 0 Å². The van der Waals surface area contributed by atoms with Gasteiger partial charge in [0.1, 0.15) is 0 Å². The van der Waals surface area contributed by atoms with Crippen LogP contribution in [0.5, 0.6) is 0 Å². The van der Waals surface area contributed by atoms with Crippen molar-refractivity contribution >= 4 is 0 Å². The van der Waals surface area contributed by atoms with Crippen LogP contribution in [0.4, 0.5) is 0 Å². The van der Waals surface area contributed by atoms with E-state index in [0.717, 1.165) is 6.61 Å². The van der Waals surface area contributed by atoms with Crippen molar-refractivity contribution < 1.29 is 4.74 Å². The normalized spacial score (nSPS) is 47.1. The second-order valence-electron chi connectivity index (χ2n) is 4.01. The van der Waals surface area contributed by atoms with Gasteiger partial charge in [0.05, 0.1) is 6.10 Å². The molecule has 0 bridgehead atoms. The van der Waals surface area contributed by atoms with Gasteiger partial charge in [0.25, 0.3) is 0 Å². The molecule has 1 aliphatic carbocycles. The van der Waals surface area contributed by atoms with Crippen LogP contribution in [0.1, 0.15) is 39.0 Å². The molecular formula is C9H16O. The Kier molecular flexibility index (Phi) is 1.48. The Morgan fingerprint density at radius 2 is 2.20 bits per heavy atom. The van der Waals surface area contributed by atoms with Gasteiger partial charge in [-0.3, -0.25) is 0 Å². The van der Waals surface area contributed by atoms with Crippen LogP contribution in [0.15, 0.2) is 0 Å². The minimum absolute atomic E-state index is 0.568. The number of hydrogen-bond donors (Lipinski definition) is 0. The van der Waals surface area contributed by atoms with Crippen molar-refractivity contribution in [3.8, 4) is 0 Å². The van der Waals surface area contributed by atoms with Gasteiger partial charge in [-0.15, -0.1) is 0 Å². The van der Waals surface area contributed by atoms with Gasteiger partial charge in [-0.05, 0) is 24.7 Å². The Hall–Kier alpha value is -0.0400. The van der Waals surface area contributed by atoms with Gasteiger partial charge in [0, 0.05) is 6.61 Å². The summed E-state index contributed by atoms with van der Waals surface area (Å²) in [5.41, 5.74) is 0.568. The highest BCUT2D eigenvalue weighted by Gasteiger charge is 2.41. The molecular weight excluding hydrogens is 124 g/mol. The predicted octanol–water partition coefficient (Wildman–Crippen LogP) is 2.36. The van der Waals surface area contributed by atoms with Crippen LogP contribution in [0, 0.1) is 5.41 Å². The van der Waals surface area contributed by atoms with Gasteiger partial charge in [-0.2, -0.15) is 0 Å². The first-order valence-corrected chi connectivity index (χ1v) is 4.43. The van der Waals surface area contributed by atoms with Gasteiger partial charge in [0.2, 0.25) is 0 Å². The first kappa shape index (κ1) is 6.66. The Bertz CT molecular complexity index is 133. The van der Waals surface area contributed by atoms with E-state index in [1.165, 1.54) is 32.1 Å². The third kappa shape index (κ3) is 0.878. The molecule has 0 amide bonds. The third-order valence-corrected chi connectivity index (χ3v) is 3.23. The lowest BCUT2D eigenvalue weighted by Crippen LogP contribution is -2.30. The molecule has 0 radical (unpaired) electrons. The van der Waals surface area contributed by atoms with E-state index in [9.17, 15) is 0 Å². The summed E-state index contributed by atoms with van der Waals surface area (Å²) in [7, 11) is 0. The van der Waals surface area contributed by atoms with Crippen molar-refractivity contribution in [1.29, 1.82) is 0 Å². The molecule has 0 spiro atoms. The largest absolute Gasteiger partial charge is 0.378 e. The van der Waals surface area contributed by atoms with Gasteiger partial charge in [-0.25, -0.2) is 0 Å². The first-order chi connectivity index (χ1) is 4.81. The lowest BCUT2D eigenvalue weighted by molar-refractivity contribution is 0.0259. The zero-order valence-corrected chi connectivity index (χ0v) is 6.73. The molecule has 1 nitrogen and oxygen atoms in total. The average Bonchev–Trinajstić information content (AvgIpc) is 2.29. The summed E-state index contributed by atoms with van der Waals surface area (Å²) in [6, 6.07) is 0. The maximum atomic E-state index is 5.66. The van der Waals surface area contributed by atoms with E-state index >= 15 is 0 Å². The van der Waals surface area contributed by atoms with E-state index in [-0.39, 0.29) is 0 Å². The average molecular weight is 140 g/mol. The van der Waals surface area contributed by atoms with E-state index in [0.29, 0.717) is 11.5 Å². The molecule has 1 aliphatic heterocycles. The van der Waals surface area contributed by atoms with Gasteiger partial charge in [0.15, 0.2) is 0 Å². The highest BCUT2D eigenvalue weighted by atomic mass is 16.5. The molecule has 2 rings (SSSR count). The van der Waals surface area contributed by atoms with Crippen molar-refractivity contribution in [3.63, 3.8) is 0 Å². The van der Waals surface area contributed by atoms with Crippen LogP contribution in [-0.4, -0.2) is 12.7 Å². The zero-order valence-electron chi connectivity index (χ0n) is 6.73. The Balaban J connectivity index is 2.10. The van der Waals surface area contributed by atoms with Gasteiger partial charge < -0.3 is 4.74 Å². The first-order valence-electron chi connectivity index (χ1n) is 4.43. The van der Waals surface area contributed by atoms with E-state index in [2.05, 4.69) is 6.92 Å². The second-order valence-corrected chi connectivity index (χ2v) is 4.01. The summed E-state index contributed by atoms with van der Waals surface area (Å²) < 4.78 is 5.66. The van der Waals surface area contributed by atoms with E-state index in [1.807, 2.05) is 0 Å². The third-order valence-electron chi connectivity index (χ3n) is 3.23. The topological polar surface area (TPSA) is 9.23 Å². The molecule has 0 aromatic heterocycles. The molecule has 58 valence electrons. The summed E-state index contributed by atoms with van der Waals surface area (Å²) in [6.07, 6.45) is 7.45. The Morgan fingerprint density at radius 3 is 3.00 bits per heavy atom. The lowest BCUT2D eigenvalue weighted by Gasteiger charge is -2.34. The van der Waals surface area contributed by atoms with Crippen LogP contribution in [0.2, 0.25) is 0 Å². The summed E-state index contributed by atoms with van der Waals surface area (Å²) in [5, 5.41) is 0. The lowest BCUT2D eigenvalue weighted by atomic mass is 9.73. The molecule has 0 aromatic rings. The SMILES string of the molecule is C[C@]12CCCC[C@H]1OCC2. The summed E-state index contributed by atoms with van der Waals surface area (Å²) >= 11 is 0. The maximum Gasteiger partial charge on any atom is 0.0629 e. The summed E-state index contributed by atoms with van der Waals surface area (Å²) in [5.74, 6) is 0. The Labute approximate surface area is 62.8 Å². The fraction of sp³-hybridized carbons (Fsp3) is 1.00. The predicted molar refractivity (Wildman–Crippen MR) is 40.9 cm³/mol. The van der Waals surface area contributed by atoms with Crippen molar-refractivity contribution in [2.24, 2.45) is 5.41 Å².